The highest BCUT2D eigenvalue weighted by Gasteiger charge is 2.33. The van der Waals surface area contributed by atoms with E-state index >= 15 is 0 Å². The largest absolute Gasteiger partial charge is 0.350 e. The van der Waals surface area contributed by atoms with Gasteiger partial charge in [-0.05, 0) is 31.7 Å². The van der Waals surface area contributed by atoms with E-state index in [2.05, 4.69) is 28.3 Å². The Morgan fingerprint density at radius 2 is 2.08 bits per heavy atom. The predicted octanol–water partition coefficient (Wildman–Crippen LogP) is 0.591. The monoisotopic (exact) mass is 330 g/mol. The van der Waals surface area contributed by atoms with E-state index in [1.54, 1.807) is 0 Å². The Hall–Kier alpha value is -1.92. The predicted molar refractivity (Wildman–Crippen MR) is 92.0 cm³/mol. The summed E-state index contributed by atoms with van der Waals surface area (Å²) in [4.78, 5) is 26.2. The van der Waals surface area contributed by atoms with E-state index < -0.39 is 0 Å². The van der Waals surface area contributed by atoms with E-state index in [9.17, 15) is 9.59 Å². The SMILES string of the molecule is CC1CC(C(=O)NC2CC(=O)N(CCCc3ccccc3)C2)NN1. The Morgan fingerprint density at radius 1 is 1.29 bits per heavy atom. The van der Waals surface area contributed by atoms with Gasteiger partial charge in [0.2, 0.25) is 11.8 Å². The maximum absolute atomic E-state index is 12.2. The summed E-state index contributed by atoms with van der Waals surface area (Å²) in [5, 5.41) is 3.01. The van der Waals surface area contributed by atoms with Crippen LogP contribution in [0.25, 0.3) is 0 Å². The fraction of sp³-hybridized carbons (Fsp3) is 0.556. The van der Waals surface area contributed by atoms with Crippen LogP contribution < -0.4 is 16.2 Å². The van der Waals surface area contributed by atoms with E-state index in [0.717, 1.165) is 25.8 Å². The van der Waals surface area contributed by atoms with Crippen LogP contribution in [0.4, 0.5) is 0 Å². The van der Waals surface area contributed by atoms with Crippen molar-refractivity contribution in [3.8, 4) is 0 Å². The zero-order valence-electron chi connectivity index (χ0n) is 14.1. The van der Waals surface area contributed by atoms with Crippen molar-refractivity contribution in [1.29, 1.82) is 0 Å². The first-order valence-corrected chi connectivity index (χ1v) is 8.75. The Balaban J connectivity index is 1.41. The van der Waals surface area contributed by atoms with Crippen LogP contribution in [0.3, 0.4) is 0 Å². The van der Waals surface area contributed by atoms with Crippen LogP contribution in [0.15, 0.2) is 30.3 Å². The average molecular weight is 330 g/mol. The third-order valence-electron chi connectivity index (χ3n) is 4.71. The van der Waals surface area contributed by atoms with Gasteiger partial charge in [0, 0.05) is 25.6 Å². The van der Waals surface area contributed by atoms with Crippen molar-refractivity contribution in [2.75, 3.05) is 13.1 Å². The van der Waals surface area contributed by atoms with Gasteiger partial charge in [-0.15, -0.1) is 0 Å². The number of rotatable bonds is 6. The minimum atomic E-state index is -0.206. The molecule has 2 amide bonds. The number of carbonyl (C=O) groups is 2. The fourth-order valence-corrected chi connectivity index (χ4v) is 3.39. The lowest BCUT2D eigenvalue weighted by atomic mass is 10.1. The zero-order chi connectivity index (χ0) is 16.9. The van der Waals surface area contributed by atoms with Gasteiger partial charge < -0.3 is 10.2 Å². The van der Waals surface area contributed by atoms with Crippen molar-refractivity contribution < 1.29 is 9.59 Å². The summed E-state index contributed by atoms with van der Waals surface area (Å²) < 4.78 is 0. The number of nitrogens with one attached hydrogen (secondary N) is 3. The van der Waals surface area contributed by atoms with Crippen molar-refractivity contribution in [3.63, 3.8) is 0 Å². The molecule has 1 aromatic rings. The van der Waals surface area contributed by atoms with Gasteiger partial charge in [-0.25, -0.2) is 5.43 Å². The molecule has 24 heavy (non-hydrogen) atoms. The number of aryl methyl sites for hydroxylation is 1. The molecule has 0 aliphatic carbocycles. The number of hydrazine groups is 1. The lowest BCUT2D eigenvalue weighted by molar-refractivity contribution is -0.127. The molecule has 3 atom stereocenters. The highest BCUT2D eigenvalue weighted by atomic mass is 16.2. The average Bonchev–Trinajstić information content (AvgIpc) is 3.15. The smallest absolute Gasteiger partial charge is 0.238 e. The molecular formula is C18H26N4O2. The lowest BCUT2D eigenvalue weighted by Gasteiger charge is -2.18. The second-order valence-corrected chi connectivity index (χ2v) is 6.82. The lowest BCUT2D eigenvalue weighted by Crippen LogP contribution is -2.47. The second kappa shape index (κ2) is 7.77. The summed E-state index contributed by atoms with van der Waals surface area (Å²) in [7, 11) is 0. The normalized spacial score (nSPS) is 26.8. The van der Waals surface area contributed by atoms with Gasteiger partial charge in [-0.3, -0.25) is 15.0 Å². The van der Waals surface area contributed by atoms with Gasteiger partial charge in [-0.1, -0.05) is 30.3 Å². The number of likely N-dealkylation sites (tertiary alicyclic amines) is 1. The molecule has 0 radical (unpaired) electrons. The molecule has 0 aromatic heterocycles. The molecule has 3 N–H and O–H groups in total. The van der Waals surface area contributed by atoms with Crippen molar-refractivity contribution >= 4 is 11.8 Å². The van der Waals surface area contributed by atoms with E-state index in [0.29, 0.717) is 19.0 Å². The maximum Gasteiger partial charge on any atom is 0.238 e. The third-order valence-corrected chi connectivity index (χ3v) is 4.71. The first-order valence-electron chi connectivity index (χ1n) is 8.75. The number of hydrogen-bond acceptors (Lipinski definition) is 4. The van der Waals surface area contributed by atoms with Gasteiger partial charge in [0.1, 0.15) is 6.04 Å². The van der Waals surface area contributed by atoms with Gasteiger partial charge in [0.05, 0.1) is 6.04 Å². The Bertz CT molecular complexity index is 578. The number of hydrogen-bond donors (Lipinski definition) is 3. The third kappa shape index (κ3) is 4.33. The first kappa shape index (κ1) is 16.9. The molecule has 6 nitrogen and oxygen atoms in total. The fourth-order valence-electron chi connectivity index (χ4n) is 3.39. The maximum atomic E-state index is 12.2. The quantitative estimate of drug-likeness (QED) is 0.714. The second-order valence-electron chi connectivity index (χ2n) is 6.82. The van der Waals surface area contributed by atoms with Crippen LogP contribution in [0.5, 0.6) is 0 Å². The standard InChI is InChI=1S/C18H26N4O2/c1-13-10-16(21-20-13)18(24)19-15-11-17(23)22(12-15)9-5-8-14-6-3-2-4-7-14/h2-4,6-7,13,15-16,20-21H,5,8-12H2,1H3,(H,19,24). The van der Waals surface area contributed by atoms with Crippen LogP contribution in [0.2, 0.25) is 0 Å². The molecule has 6 heteroatoms. The Morgan fingerprint density at radius 3 is 2.79 bits per heavy atom. The van der Waals surface area contributed by atoms with Crippen molar-refractivity contribution in [3.05, 3.63) is 35.9 Å². The van der Waals surface area contributed by atoms with Crippen LogP contribution in [-0.4, -0.2) is 47.9 Å². The van der Waals surface area contributed by atoms with Crippen molar-refractivity contribution in [1.82, 2.24) is 21.1 Å². The molecular weight excluding hydrogens is 304 g/mol. The van der Waals surface area contributed by atoms with Crippen LogP contribution in [-0.2, 0) is 16.0 Å². The minimum Gasteiger partial charge on any atom is -0.350 e. The molecule has 2 fully saturated rings. The Labute approximate surface area is 143 Å². The molecule has 3 unspecified atom stereocenters. The van der Waals surface area contributed by atoms with E-state index in [4.69, 9.17) is 0 Å². The molecule has 2 heterocycles. The van der Waals surface area contributed by atoms with Gasteiger partial charge in [0.15, 0.2) is 0 Å². The summed E-state index contributed by atoms with van der Waals surface area (Å²) in [6.45, 7) is 3.41. The summed E-state index contributed by atoms with van der Waals surface area (Å²) in [5.74, 6) is 0.120. The topological polar surface area (TPSA) is 73.5 Å². The molecule has 2 aliphatic heterocycles. The number of amides is 2. The van der Waals surface area contributed by atoms with E-state index in [-0.39, 0.29) is 23.9 Å². The minimum absolute atomic E-state index is 0.0178. The van der Waals surface area contributed by atoms with Gasteiger partial charge in [-0.2, -0.15) is 0 Å². The molecule has 1 aromatic carbocycles. The van der Waals surface area contributed by atoms with E-state index in [1.807, 2.05) is 30.0 Å². The highest BCUT2D eigenvalue weighted by Crippen LogP contribution is 2.14. The summed E-state index contributed by atoms with van der Waals surface area (Å²) in [6, 6.07) is 10.3. The summed E-state index contributed by atoms with van der Waals surface area (Å²) in [5.41, 5.74) is 7.34. The molecule has 2 aliphatic rings. The van der Waals surface area contributed by atoms with Crippen LogP contribution in [0, 0.1) is 0 Å². The van der Waals surface area contributed by atoms with Gasteiger partial charge >= 0.3 is 0 Å². The first-order chi connectivity index (χ1) is 11.6. The van der Waals surface area contributed by atoms with E-state index in [1.165, 1.54) is 5.56 Å². The van der Waals surface area contributed by atoms with Crippen LogP contribution >= 0.6 is 0 Å². The van der Waals surface area contributed by atoms with Crippen LogP contribution in [0.1, 0.15) is 31.7 Å². The zero-order valence-corrected chi connectivity index (χ0v) is 14.1. The number of benzene rings is 1. The molecule has 0 bridgehead atoms. The summed E-state index contributed by atoms with van der Waals surface area (Å²) in [6.07, 6.45) is 3.10. The van der Waals surface area contributed by atoms with Gasteiger partial charge in [0.25, 0.3) is 0 Å². The molecule has 3 rings (SSSR count). The molecule has 0 saturated carbocycles. The summed E-state index contributed by atoms with van der Waals surface area (Å²) >= 11 is 0. The number of nitrogens with zero attached hydrogens (tertiary/aromatic N) is 1. The van der Waals surface area contributed by atoms with Crippen molar-refractivity contribution in [2.24, 2.45) is 0 Å². The number of carbonyl (C=O) groups excluding carboxylic acids is 2. The molecule has 0 spiro atoms. The molecule has 130 valence electrons. The highest BCUT2D eigenvalue weighted by molar-refractivity contribution is 5.85. The van der Waals surface area contributed by atoms with Crippen molar-refractivity contribution in [2.45, 2.75) is 50.7 Å². The molecule has 2 saturated heterocycles. The Kier molecular flexibility index (Phi) is 5.48.